The molecule has 2 amide bonds. The number of benzene rings is 2. The topological polar surface area (TPSA) is 93.0 Å². The first-order valence-electron chi connectivity index (χ1n) is 13.0. The van der Waals surface area contributed by atoms with Gasteiger partial charge in [-0.15, -0.1) is 0 Å². The summed E-state index contributed by atoms with van der Waals surface area (Å²) < 4.78 is 6.88. The predicted octanol–water partition coefficient (Wildman–Crippen LogP) is 4.79. The smallest absolute Gasteiger partial charge is 0.278 e. The van der Waals surface area contributed by atoms with Crippen molar-refractivity contribution in [1.82, 2.24) is 14.3 Å². The second kappa shape index (κ2) is 8.39. The Balaban J connectivity index is 1.17. The van der Waals surface area contributed by atoms with Gasteiger partial charge >= 0.3 is 0 Å². The largest absolute Gasteiger partial charge is 0.497 e. The van der Waals surface area contributed by atoms with Gasteiger partial charge in [0, 0.05) is 47.3 Å². The zero-order valence-electron chi connectivity index (χ0n) is 21.6. The molecule has 8 heteroatoms. The minimum absolute atomic E-state index is 0.0491. The zero-order chi connectivity index (χ0) is 26.9. The molecule has 7 rings (SSSR count). The molecule has 1 saturated carbocycles. The van der Waals surface area contributed by atoms with E-state index in [9.17, 15) is 14.4 Å². The minimum atomic E-state index is -0.275. The van der Waals surface area contributed by atoms with E-state index in [0.29, 0.717) is 34.9 Å². The number of anilines is 1. The van der Waals surface area contributed by atoms with Gasteiger partial charge in [-0.05, 0) is 73.2 Å². The lowest BCUT2D eigenvalue weighted by Crippen LogP contribution is -2.46. The number of ether oxygens (including phenoxy) is 1. The number of carbonyl (C=O) groups excluding carboxylic acids is 3. The third-order valence-electron chi connectivity index (χ3n) is 8.51. The summed E-state index contributed by atoms with van der Waals surface area (Å²) in [6.07, 6.45) is 7.03. The van der Waals surface area contributed by atoms with Gasteiger partial charge in [-0.2, -0.15) is 0 Å². The van der Waals surface area contributed by atoms with Crippen LogP contribution in [0.3, 0.4) is 0 Å². The molecule has 4 aromatic rings. The Kier molecular flexibility index (Phi) is 5.04. The van der Waals surface area contributed by atoms with Crippen molar-refractivity contribution in [2.24, 2.45) is 5.92 Å². The highest BCUT2D eigenvalue weighted by Gasteiger charge is 2.61. The van der Waals surface area contributed by atoms with Crippen LogP contribution in [0.5, 0.6) is 5.75 Å². The molecule has 1 aliphatic heterocycles. The molecule has 0 unspecified atom stereocenters. The van der Waals surface area contributed by atoms with Gasteiger partial charge < -0.3 is 19.4 Å². The molecule has 1 spiro atoms. The van der Waals surface area contributed by atoms with E-state index in [1.165, 1.54) is 0 Å². The van der Waals surface area contributed by atoms with Crippen molar-refractivity contribution in [2.75, 3.05) is 19.0 Å². The molecule has 0 radical (unpaired) electrons. The number of nitrogens with one attached hydrogen (secondary N) is 1. The van der Waals surface area contributed by atoms with Gasteiger partial charge in [0.15, 0.2) is 5.78 Å². The number of hydrogen-bond donors (Lipinski definition) is 1. The summed E-state index contributed by atoms with van der Waals surface area (Å²) >= 11 is 0. The van der Waals surface area contributed by atoms with E-state index in [0.717, 1.165) is 35.2 Å². The fraction of sp³-hybridized carbons (Fsp3) is 0.226. The van der Waals surface area contributed by atoms with E-state index in [1.54, 1.807) is 71.3 Å². The molecule has 39 heavy (non-hydrogen) atoms. The molecular weight excluding hydrogens is 492 g/mol. The summed E-state index contributed by atoms with van der Waals surface area (Å²) in [5.74, 6) is 0.445. The number of hydrogen-bond acceptors (Lipinski definition) is 5. The van der Waals surface area contributed by atoms with Gasteiger partial charge in [0.05, 0.1) is 12.8 Å². The van der Waals surface area contributed by atoms with Crippen molar-refractivity contribution in [3.05, 3.63) is 107 Å². The fourth-order valence-electron chi connectivity index (χ4n) is 6.56. The van der Waals surface area contributed by atoms with Gasteiger partial charge in [-0.3, -0.25) is 14.4 Å². The normalized spacial score (nSPS) is 21.0. The molecule has 2 aliphatic carbocycles. The van der Waals surface area contributed by atoms with Crippen LogP contribution in [0.1, 0.15) is 55.2 Å². The van der Waals surface area contributed by atoms with Crippen LogP contribution >= 0.6 is 0 Å². The zero-order valence-corrected chi connectivity index (χ0v) is 21.6. The molecule has 2 aromatic heterocycles. The van der Waals surface area contributed by atoms with Gasteiger partial charge in [0.2, 0.25) is 0 Å². The Hall–Kier alpha value is -4.72. The molecule has 1 saturated heterocycles. The molecule has 1 N–H and O–H groups in total. The average molecular weight is 519 g/mol. The molecule has 8 nitrogen and oxygen atoms in total. The van der Waals surface area contributed by atoms with Crippen LogP contribution in [-0.2, 0) is 5.41 Å². The number of carbonyl (C=O) groups is 3. The van der Waals surface area contributed by atoms with Crippen LogP contribution in [0.2, 0.25) is 0 Å². The highest BCUT2D eigenvalue weighted by molar-refractivity contribution is 6.10. The summed E-state index contributed by atoms with van der Waals surface area (Å²) in [6, 6.07) is 16.3. The lowest BCUT2D eigenvalue weighted by Gasteiger charge is -2.48. The third kappa shape index (κ3) is 3.37. The van der Waals surface area contributed by atoms with E-state index in [1.807, 2.05) is 12.1 Å². The summed E-state index contributed by atoms with van der Waals surface area (Å²) in [5, 5.41) is 2.89. The van der Waals surface area contributed by atoms with Gasteiger partial charge in [0.25, 0.3) is 11.8 Å². The van der Waals surface area contributed by atoms with Crippen molar-refractivity contribution >= 4 is 28.9 Å². The molecule has 2 fully saturated rings. The number of amides is 2. The molecular formula is C31H26N4O4. The van der Waals surface area contributed by atoms with Crippen molar-refractivity contribution < 1.29 is 19.1 Å². The van der Waals surface area contributed by atoms with Crippen LogP contribution in [0.25, 0.3) is 5.65 Å². The number of fused-ring (bicyclic) bond motifs is 2. The number of imidazole rings is 1. The van der Waals surface area contributed by atoms with E-state index in [-0.39, 0.29) is 28.9 Å². The van der Waals surface area contributed by atoms with Gasteiger partial charge in [0.1, 0.15) is 17.1 Å². The molecule has 2 aromatic carbocycles. The number of aryl methyl sites for hydroxylation is 1. The Morgan fingerprint density at radius 3 is 2.64 bits per heavy atom. The first-order chi connectivity index (χ1) is 18.9. The number of pyridine rings is 1. The van der Waals surface area contributed by atoms with E-state index < -0.39 is 0 Å². The molecule has 0 bridgehead atoms. The van der Waals surface area contributed by atoms with E-state index >= 15 is 0 Å². The Morgan fingerprint density at radius 2 is 1.90 bits per heavy atom. The van der Waals surface area contributed by atoms with Crippen LogP contribution in [-0.4, -0.2) is 45.5 Å². The van der Waals surface area contributed by atoms with Crippen molar-refractivity contribution in [2.45, 2.75) is 25.2 Å². The van der Waals surface area contributed by atoms with Crippen molar-refractivity contribution in [3.8, 4) is 5.75 Å². The monoisotopic (exact) mass is 518 g/mol. The first-order valence-corrected chi connectivity index (χ1v) is 13.0. The maximum absolute atomic E-state index is 13.8. The summed E-state index contributed by atoms with van der Waals surface area (Å²) in [4.78, 5) is 45.9. The predicted molar refractivity (Wildman–Crippen MR) is 145 cm³/mol. The lowest BCUT2D eigenvalue weighted by atomic mass is 9.54. The van der Waals surface area contributed by atoms with Crippen molar-refractivity contribution in [3.63, 3.8) is 0 Å². The highest BCUT2D eigenvalue weighted by atomic mass is 16.5. The lowest BCUT2D eigenvalue weighted by molar-refractivity contribution is 0.0813. The minimum Gasteiger partial charge on any atom is -0.497 e. The Morgan fingerprint density at radius 1 is 1.08 bits per heavy atom. The second-order valence-electron chi connectivity index (χ2n) is 10.5. The molecule has 3 aliphatic rings. The number of likely N-dealkylation sites (tertiary alicyclic amines) is 1. The van der Waals surface area contributed by atoms with Crippen LogP contribution in [0.4, 0.5) is 5.69 Å². The van der Waals surface area contributed by atoms with Crippen LogP contribution in [0.15, 0.2) is 78.8 Å². The summed E-state index contributed by atoms with van der Waals surface area (Å²) in [5.41, 5.74) is 5.44. The standard InChI is InChI=1S/C31H26N4O4/c1-18-4-3-5-23-25(36)14-26-31(28(18)23)13-12-20(31)15-35(26)30(38)24-17-34-16-21(8-11-27(34)33-24)32-29(37)19-6-9-22(39-2)10-7-19/h3-11,14,16-17,20H,12-13,15H2,1-2H3,(H,32,37)/t20-,31+/m1/s1. The van der Waals surface area contributed by atoms with Crippen LogP contribution in [0, 0.1) is 12.8 Å². The SMILES string of the molecule is COc1ccc(C(=O)Nc2ccc3nc(C(=O)N4C[C@H]5CC[C@@]56C4=CC(=O)c4cccc(C)c46)cn3c2)cc1. The Bertz CT molecular complexity index is 1740. The quantitative estimate of drug-likeness (QED) is 0.420. The Labute approximate surface area is 224 Å². The fourth-order valence-corrected chi connectivity index (χ4v) is 6.56. The maximum atomic E-state index is 13.8. The van der Waals surface area contributed by atoms with Crippen molar-refractivity contribution in [1.29, 1.82) is 0 Å². The van der Waals surface area contributed by atoms with E-state index in [4.69, 9.17) is 4.74 Å². The number of methoxy groups -OCH3 is 1. The molecule has 3 heterocycles. The van der Waals surface area contributed by atoms with E-state index in [2.05, 4.69) is 23.3 Å². The molecule has 2 atom stereocenters. The van der Waals surface area contributed by atoms with Gasteiger partial charge in [-0.1, -0.05) is 18.2 Å². The summed E-state index contributed by atoms with van der Waals surface area (Å²) in [6.45, 7) is 2.62. The van der Waals surface area contributed by atoms with Crippen LogP contribution < -0.4 is 10.1 Å². The number of ketones is 1. The number of allylic oxidation sites excluding steroid dienone is 2. The highest BCUT2D eigenvalue weighted by Crippen LogP contribution is 2.62. The maximum Gasteiger partial charge on any atom is 0.278 e. The third-order valence-corrected chi connectivity index (χ3v) is 8.51. The first kappa shape index (κ1) is 23.4. The number of aromatic nitrogens is 2. The number of rotatable bonds is 4. The summed E-state index contributed by atoms with van der Waals surface area (Å²) in [7, 11) is 1.58. The molecule has 194 valence electrons. The van der Waals surface area contributed by atoms with Gasteiger partial charge in [-0.25, -0.2) is 4.98 Å². The number of nitrogens with zero attached hydrogens (tertiary/aromatic N) is 3. The second-order valence-corrected chi connectivity index (χ2v) is 10.5. The average Bonchev–Trinajstić information content (AvgIpc) is 3.45.